The fourth-order valence-electron chi connectivity index (χ4n) is 4.75. The lowest BCUT2D eigenvalue weighted by molar-refractivity contribution is 0.0640. The van der Waals surface area contributed by atoms with E-state index in [1.807, 2.05) is 18.2 Å². The zero-order valence-electron chi connectivity index (χ0n) is 15.8. The lowest BCUT2D eigenvalue weighted by Gasteiger charge is -2.43. The van der Waals surface area contributed by atoms with Crippen LogP contribution < -0.4 is 0 Å². The first-order chi connectivity index (χ1) is 13.2. The number of hydrogen-bond donors (Lipinski definition) is 0. The van der Waals surface area contributed by atoms with Gasteiger partial charge in [0.1, 0.15) is 5.82 Å². The van der Waals surface area contributed by atoms with Crippen molar-refractivity contribution in [2.24, 2.45) is 0 Å². The summed E-state index contributed by atoms with van der Waals surface area (Å²) in [5, 5.41) is 0. The molecule has 1 heterocycles. The molecule has 4 rings (SSSR count). The summed E-state index contributed by atoms with van der Waals surface area (Å²) in [6.45, 7) is 4.16. The van der Waals surface area contributed by atoms with E-state index in [2.05, 4.69) is 50.0 Å². The molecule has 0 spiro atoms. The van der Waals surface area contributed by atoms with E-state index in [9.17, 15) is 4.39 Å². The predicted molar refractivity (Wildman–Crippen MR) is 112 cm³/mol. The number of rotatable bonds is 4. The van der Waals surface area contributed by atoms with Gasteiger partial charge in [0, 0.05) is 42.3 Å². The molecule has 2 aromatic carbocycles. The number of hydrogen-bond acceptors (Lipinski definition) is 2. The van der Waals surface area contributed by atoms with Crippen molar-refractivity contribution < 1.29 is 4.39 Å². The average Bonchev–Trinajstić information content (AvgIpc) is 2.72. The van der Waals surface area contributed by atoms with Gasteiger partial charge in [-0.25, -0.2) is 4.39 Å². The van der Waals surface area contributed by atoms with Crippen LogP contribution in [-0.2, 0) is 0 Å². The molecule has 2 aromatic rings. The fourth-order valence-corrected chi connectivity index (χ4v) is 5.09. The van der Waals surface area contributed by atoms with E-state index >= 15 is 0 Å². The molecular weight excluding hydrogens is 403 g/mol. The second-order valence-electron chi connectivity index (χ2n) is 7.84. The Morgan fingerprint density at radius 1 is 0.889 bits per heavy atom. The summed E-state index contributed by atoms with van der Waals surface area (Å²) in [6.07, 6.45) is 6.85. The van der Waals surface area contributed by atoms with Gasteiger partial charge in [-0.15, -0.1) is 0 Å². The molecule has 2 aliphatic rings. The monoisotopic (exact) mass is 430 g/mol. The van der Waals surface area contributed by atoms with Crippen LogP contribution in [0.25, 0.3) is 0 Å². The smallest absolute Gasteiger partial charge is 0.129 e. The first-order valence-corrected chi connectivity index (χ1v) is 11.0. The van der Waals surface area contributed by atoms with Gasteiger partial charge >= 0.3 is 0 Å². The first kappa shape index (κ1) is 19.1. The SMILES string of the molecule is Fc1cc(Br)ccc1C(c1ccccc1)N1CCN(C2CCCCC2)CC1. The molecule has 1 saturated carbocycles. The second kappa shape index (κ2) is 8.85. The van der Waals surface area contributed by atoms with Gasteiger partial charge in [0.25, 0.3) is 0 Å². The van der Waals surface area contributed by atoms with Crippen LogP contribution >= 0.6 is 15.9 Å². The van der Waals surface area contributed by atoms with Gasteiger partial charge in [0.2, 0.25) is 0 Å². The molecule has 2 fully saturated rings. The van der Waals surface area contributed by atoms with Crippen LogP contribution in [0.15, 0.2) is 53.0 Å². The van der Waals surface area contributed by atoms with Crippen molar-refractivity contribution in [3.63, 3.8) is 0 Å². The van der Waals surface area contributed by atoms with E-state index in [1.54, 1.807) is 6.07 Å². The molecule has 0 aromatic heterocycles. The highest BCUT2D eigenvalue weighted by molar-refractivity contribution is 9.10. The molecule has 2 nitrogen and oxygen atoms in total. The Kier molecular flexibility index (Phi) is 6.26. The lowest BCUT2D eigenvalue weighted by Crippen LogP contribution is -2.51. The third-order valence-corrected chi connectivity index (χ3v) is 6.67. The molecular formula is C23H28BrFN2. The van der Waals surface area contributed by atoms with Gasteiger partial charge in [-0.1, -0.05) is 71.6 Å². The van der Waals surface area contributed by atoms with Crippen molar-refractivity contribution in [1.82, 2.24) is 9.80 Å². The molecule has 144 valence electrons. The minimum atomic E-state index is -0.132. The van der Waals surface area contributed by atoms with E-state index in [4.69, 9.17) is 0 Å². The predicted octanol–water partition coefficient (Wildman–Crippen LogP) is 5.63. The molecule has 0 radical (unpaired) electrons. The minimum Gasteiger partial charge on any atom is -0.298 e. The maximum absolute atomic E-state index is 14.8. The summed E-state index contributed by atoms with van der Waals surface area (Å²) in [7, 11) is 0. The van der Waals surface area contributed by atoms with Gasteiger partial charge in [0.05, 0.1) is 6.04 Å². The van der Waals surface area contributed by atoms with E-state index in [0.29, 0.717) is 0 Å². The normalized spacial score (nSPS) is 21.3. The third-order valence-electron chi connectivity index (χ3n) is 6.18. The maximum Gasteiger partial charge on any atom is 0.129 e. The molecule has 1 aliphatic heterocycles. The third kappa shape index (κ3) is 4.44. The Morgan fingerprint density at radius 2 is 1.59 bits per heavy atom. The summed E-state index contributed by atoms with van der Waals surface area (Å²) in [5.74, 6) is -0.132. The van der Waals surface area contributed by atoms with Gasteiger partial charge in [-0.2, -0.15) is 0 Å². The summed E-state index contributed by atoms with van der Waals surface area (Å²) in [6, 6.07) is 16.6. The molecule has 1 atom stereocenters. The zero-order chi connectivity index (χ0) is 18.6. The maximum atomic E-state index is 14.8. The Balaban J connectivity index is 1.55. The number of piperazine rings is 1. The molecule has 1 aliphatic carbocycles. The van der Waals surface area contributed by atoms with Crippen LogP contribution in [-0.4, -0.2) is 42.0 Å². The number of halogens is 2. The standard InChI is InChI=1S/C23H28BrFN2/c24-19-11-12-21(22(25)17-19)23(18-7-3-1-4-8-18)27-15-13-26(14-16-27)20-9-5-2-6-10-20/h1,3-4,7-8,11-12,17,20,23H,2,5-6,9-10,13-16H2. The van der Waals surface area contributed by atoms with Crippen LogP contribution in [0.5, 0.6) is 0 Å². The van der Waals surface area contributed by atoms with Gasteiger partial charge < -0.3 is 0 Å². The molecule has 0 N–H and O–H groups in total. The van der Waals surface area contributed by atoms with Crippen LogP contribution in [0.1, 0.15) is 49.3 Å². The topological polar surface area (TPSA) is 6.48 Å². The highest BCUT2D eigenvalue weighted by Crippen LogP contribution is 2.33. The molecule has 1 unspecified atom stereocenters. The highest BCUT2D eigenvalue weighted by atomic mass is 79.9. The fraction of sp³-hybridized carbons (Fsp3) is 0.478. The van der Waals surface area contributed by atoms with Gasteiger partial charge in [0.15, 0.2) is 0 Å². The molecule has 0 amide bonds. The van der Waals surface area contributed by atoms with Crippen molar-refractivity contribution in [2.75, 3.05) is 26.2 Å². The summed E-state index contributed by atoms with van der Waals surface area (Å²) < 4.78 is 15.6. The summed E-state index contributed by atoms with van der Waals surface area (Å²) in [4.78, 5) is 5.14. The van der Waals surface area contributed by atoms with Crippen LogP contribution in [0.3, 0.4) is 0 Å². The van der Waals surface area contributed by atoms with Crippen molar-refractivity contribution >= 4 is 15.9 Å². The first-order valence-electron chi connectivity index (χ1n) is 10.2. The van der Waals surface area contributed by atoms with Crippen LogP contribution in [0.4, 0.5) is 4.39 Å². The molecule has 0 bridgehead atoms. The Hall–Kier alpha value is -1.23. The minimum absolute atomic E-state index is 0.0206. The van der Waals surface area contributed by atoms with Crippen LogP contribution in [0.2, 0.25) is 0 Å². The van der Waals surface area contributed by atoms with E-state index in [-0.39, 0.29) is 11.9 Å². The Labute approximate surface area is 170 Å². The number of nitrogens with zero attached hydrogens (tertiary/aromatic N) is 2. The summed E-state index contributed by atoms with van der Waals surface area (Å²) in [5.41, 5.74) is 1.94. The van der Waals surface area contributed by atoms with Crippen molar-refractivity contribution in [3.8, 4) is 0 Å². The lowest BCUT2D eigenvalue weighted by atomic mass is 9.93. The van der Waals surface area contributed by atoms with E-state index < -0.39 is 0 Å². The van der Waals surface area contributed by atoms with Crippen molar-refractivity contribution in [3.05, 3.63) is 69.9 Å². The van der Waals surface area contributed by atoms with Crippen LogP contribution in [0, 0.1) is 5.82 Å². The zero-order valence-corrected chi connectivity index (χ0v) is 17.4. The summed E-state index contributed by atoms with van der Waals surface area (Å²) >= 11 is 3.39. The average molecular weight is 431 g/mol. The highest BCUT2D eigenvalue weighted by Gasteiger charge is 2.31. The second-order valence-corrected chi connectivity index (χ2v) is 8.76. The largest absolute Gasteiger partial charge is 0.298 e. The molecule has 4 heteroatoms. The van der Waals surface area contributed by atoms with Crippen molar-refractivity contribution in [2.45, 2.75) is 44.2 Å². The molecule has 27 heavy (non-hydrogen) atoms. The van der Waals surface area contributed by atoms with E-state index in [0.717, 1.165) is 42.3 Å². The van der Waals surface area contributed by atoms with Crippen molar-refractivity contribution in [1.29, 1.82) is 0 Å². The van der Waals surface area contributed by atoms with Gasteiger partial charge in [-0.3, -0.25) is 9.80 Å². The van der Waals surface area contributed by atoms with Gasteiger partial charge in [-0.05, 0) is 30.5 Å². The number of benzene rings is 2. The quantitative estimate of drug-likeness (QED) is 0.619. The van der Waals surface area contributed by atoms with E-state index in [1.165, 1.54) is 37.7 Å². The Bertz CT molecular complexity index is 737. The Morgan fingerprint density at radius 3 is 2.26 bits per heavy atom. The molecule has 1 saturated heterocycles.